The molecule has 1 aromatic heterocycles. The van der Waals surface area contributed by atoms with E-state index in [0.717, 1.165) is 28.1 Å². The third-order valence-electron chi connectivity index (χ3n) is 4.14. The molecule has 140 valence electrons. The Morgan fingerprint density at radius 1 is 1.23 bits per heavy atom. The van der Waals surface area contributed by atoms with Gasteiger partial charge in [0.05, 0.1) is 6.54 Å². The Morgan fingerprint density at radius 3 is 2.54 bits per heavy atom. The van der Waals surface area contributed by atoms with Crippen molar-refractivity contribution in [2.45, 2.75) is 37.5 Å². The number of carbonyl (C=O) groups is 1. The number of nitrogens with one attached hydrogen (secondary N) is 1. The van der Waals surface area contributed by atoms with E-state index in [9.17, 15) is 13.2 Å². The summed E-state index contributed by atoms with van der Waals surface area (Å²) in [5.41, 5.74) is 2.88. The number of ether oxygens (including phenoxy) is 1. The molecule has 1 amide bonds. The molecule has 1 unspecified atom stereocenters. The number of benzene rings is 1. The van der Waals surface area contributed by atoms with Crippen LogP contribution in [0.5, 0.6) is 0 Å². The Morgan fingerprint density at radius 2 is 1.92 bits per heavy atom. The van der Waals surface area contributed by atoms with Crippen molar-refractivity contribution < 1.29 is 17.9 Å². The molecule has 26 heavy (non-hydrogen) atoms. The van der Waals surface area contributed by atoms with E-state index in [4.69, 9.17) is 4.74 Å². The molecule has 1 aromatic carbocycles. The fourth-order valence-electron chi connectivity index (χ4n) is 2.91. The van der Waals surface area contributed by atoms with Gasteiger partial charge in [-0.3, -0.25) is 4.90 Å². The molecule has 1 aliphatic heterocycles. The number of thiophene rings is 1. The van der Waals surface area contributed by atoms with Crippen LogP contribution in [0, 0.1) is 13.8 Å². The lowest BCUT2D eigenvalue weighted by atomic mass is 10.1. The predicted octanol–water partition coefficient (Wildman–Crippen LogP) is 3.23. The van der Waals surface area contributed by atoms with Gasteiger partial charge in [-0.25, -0.2) is 17.9 Å². The normalized spacial score (nSPS) is 17.6. The van der Waals surface area contributed by atoms with Gasteiger partial charge in [-0.15, -0.1) is 11.3 Å². The van der Waals surface area contributed by atoms with Gasteiger partial charge in [0.1, 0.15) is 10.3 Å². The van der Waals surface area contributed by atoms with E-state index in [0.29, 0.717) is 6.54 Å². The molecule has 0 bridgehead atoms. The average Bonchev–Trinajstić information content (AvgIpc) is 3.19. The van der Waals surface area contributed by atoms with Crippen molar-refractivity contribution >= 4 is 33.1 Å². The number of hydrogen-bond donors (Lipinski definition) is 1. The quantitative estimate of drug-likeness (QED) is 0.816. The van der Waals surface area contributed by atoms with E-state index in [2.05, 4.69) is 4.72 Å². The first-order valence-corrected chi connectivity index (χ1v) is 10.7. The minimum Gasteiger partial charge on any atom is -0.443 e. The molecule has 1 atom stereocenters. The average molecular weight is 395 g/mol. The van der Waals surface area contributed by atoms with Gasteiger partial charge < -0.3 is 4.74 Å². The topological polar surface area (TPSA) is 75.7 Å². The number of rotatable bonds is 6. The zero-order chi connectivity index (χ0) is 18.9. The van der Waals surface area contributed by atoms with Crippen molar-refractivity contribution in [1.29, 1.82) is 0 Å². The van der Waals surface area contributed by atoms with Crippen molar-refractivity contribution in [3.05, 3.63) is 46.3 Å². The highest BCUT2D eigenvalue weighted by Crippen LogP contribution is 2.25. The second-order valence-corrected chi connectivity index (χ2v) is 9.55. The van der Waals surface area contributed by atoms with Gasteiger partial charge in [0.15, 0.2) is 0 Å². The monoisotopic (exact) mass is 394 g/mol. The van der Waals surface area contributed by atoms with Crippen LogP contribution < -0.4 is 9.62 Å². The Hall–Kier alpha value is -1.90. The van der Waals surface area contributed by atoms with Crippen molar-refractivity contribution in [3.63, 3.8) is 0 Å². The van der Waals surface area contributed by atoms with Crippen molar-refractivity contribution in [2.75, 3.05) is 18.0 Å². The van der Waals surface area contributed by atoms with E-state index in [-0.39, 0.29) is 10.8 Å². The summed E-state index contributed by atoms with van der Waals surface area (Å²) in [4.78, 5) is 14.7. The molecular formula is C18H22N2O4S2. The number of hydrogen-bond acceptors (Lipinski definition) is 5. The summed E-state index contributed by atoms with van der Waals surface area (Å²) in [6, 6.07) is 9.28. The molecule has 8 heteroatoms. The van der Waals surface area contributed by atoms with Gasteiger partial charge in [-0.05, 0) is 55.7 Å². The lowest BCUT2D eigenvalue weighted by molar-refractivity contribution is 0.143. The van der Waals surface area contributed by atoms with Gasteiger partial charge >= 0.3 is 6.09 Å². The maximum atomic E-state index is 12.4. The Labute approximate surface area is 157 Å². The van der Waals surface area contributed by atoms with E-state index >= 15 is 0 Å². The standard InChI is InChI=1S/C18H22N2O4S2/c1-4-16-5-6-17(25-16)26(22,23)19-10-15-11-20(18(21)24-15)14-8-12(2)7-13(3)9-14/h5-9,15,19H,4,10-11H2,1-3H3. The molecule has 1 fully saturated rings. The third kappa shape index (κ3) is 4.08. The van der Waals surface area contributed by atoms with Gasteiger partial charge in [0.2, 0.25) is 10.0 Å². The van der Waals surface area contributed by atoms with Crippen LogP contribution in [0.1, 0.15) is 22.9 Å². The summed E-state index contributed by atoms with van der Waals surface area (Å²) in [6.07, 6.45) is -0.182. The van der Waals surface area contributed by atoms with Crippen LogP contribution in [-0.4, -0.2) is 33.7 Å². The fraction of sp³-hybridized carbons (Fsp3) is 0.389. The van der Waals surface area contributed by atoms with Crippen LogP contribution in [0.4, 0.5) is 10.5 Å². The molecule has 1 aliphatic rings. The zero-order valence-corrected chi connectivity index (χ0v) is 16.6. The van der Waals surface area contributed by atoms with Crippen LogP contribution in [0.25, 0.3) is 0 Å². The number of cyclic esters (lactones) is 1. The summed E-state index contributed by atoms with van der Waals surface area (Å²) in [5, 5.41) is 0. The van der Waals surface area contributed by atoms with Gasteiger partial charge in [0, 0.05) is 17.1 Å². The highest BCUT2D eigenvalue weighted by atomic mass is 32.2. The third-order valence-corrected chi connectivity index (χ3v) is 7.29. The van der Waals surface area contributed by atoms with Crippen LogP contribution in [0.3, 0.4) is 0 Å². The first kappa shape index (κ1) is 18.9. The molecule has 1 saturated heterocycles. The number of anilines is 1. The highest BCUT2D eigenvalue weighted by molar-refractivity contribution is 7.91. The van der Waals surface area contributed by atoms with E-state index < -0.39 is 22.2 Å². The maximum absolute atomic E-state index is 12.4. The number of carbonyl (C=O) groups excluding carboxylic acids is 1. The largest absolute Gasteiger partial charge is 0.443 e. The lowest BCUT2D eigenvalue weighted by Gasteiger charge is -2.14. The zero-order valence-electron chi connectivity index (χ0n) is 15.0. The number of aryl methyl sites for hydroxylation is 3. The Kier molecular flexibility index (Phi) is 5.36. The number of amides is 1. The Bertz CT molecular complexity index is 901. The first-order chi connectivity index (χ1) is 12.3. The number of sulfonamides is 1. The minimum atomic E-state index is -3.59. The summed E-state index contributed by atoms with van der Waals surface area (Å²) >= 11 is 1.25. The summed E-state index contributed by atoms with van der Waals surface area (Å²) < 4.78 is 32.9. The SMILES string of the molecule is CCc1ccc(S(=O)(=O)NCC2CN(c3cc(C)cc(C)c3)C(=O)O2)s1. The molecule has 0 saturated carbocycles. The molecule has 2 heterocycles. The smallest absolute Gasteiger partial charge is 0.414 e. The van der Waals surface area contributed by atoms with Crippen LogP contribution in [0.15, 0.2) is 34.5 Å². The summed E-state index contributed by atoms with van der Waals surface area (Å²) in [7, 11) is -3.59. The first-order valence-electron chi connectivity index (χ1n) is 8.43. The summed E-state index contributed by atoms with van der Waals surface area (Å²) in [5.74, 6) is 0. The molecular weight excluding hydrogens is 372 g/mol. The van der Waals surface area contributed by atoms with Crippen LogP contribution >= 0.6 is 11.3 Å². The van der Waals surface area contributed by atoms with E-state index in [1.807, 2.05) is 45.0 Å². The van der Waals surface area contributed by atoms with Gasteiger partial charge in [0.25, 0.3) is 0 Å². The Balaban J connectivity index is 1.66. The van der Waals surface area contributed by atoms with Crippen LogP contribution in [0.2, 0.25) is 0 Å². The molecule has 0 radical (unpaired) electrons. The minimum absolute atomic E-state index is 0.0503. The lowest BCUT2D eigenvalue weighted by Crippen LogP contribution is -2.34. The molecule has 1 N–H and O–H groups in total. The van der Waals surface area contributed by atoms with Gasteiger partial charge in [-0.2, -0.15) is 0 Å². The number of nitrogens with zero attached hydrogens (tertiary/aromatic N) is 1. The molecule has 6 nitrogen and oxygen atoms in total. The molecule has 3 rings (SSSR count). The predicted molar refractivity (Wildman–Crippen MR) is 102 cm³/mol. The fourth-order valence-corrected chi connectivity index (χ4v) is 5.32. The molecule has 2 aromatic rings. The van der Waals surface area contributed by atoms with Gasteiger partial charge in [-0.1, -0.05) is 13.0 Å². The maximum Gasteiger partial charge on any atom is 0.414 e. The van der Waals surface area contributed by atoms with Crippen molar-refractivity contribution in [1.82, 2.24) is 4.72 Å². The summed E-state index contributed by atoms with van der Waals surface area (Å²) in [6.45, 7) is 6.28. The molecule has 0 aliphatic carbocycles. The highest BCUT2D eigenvalue weighted by Gasteiger charge is 2.33. The molecule has 0 spiro atoms. The van der Waals surface area contributed by atoms with Crippen LogP contribution in [-0.2, 0) is 21.2 Å². The second kappa shape index (κ2) is 7.38. The van der Waals surface area contributed by atoms with Crippen molar-refractivity contribution in [3.8, 4) is 0 Å². The van der Waals surface area contributed by atoms with E-state index in [1.165, 1.54) is 11.3 Å². The van der Waals surface area contributed by atoms with Crippen molar-refractivity contribution in [2.24, 2.45) is 0 Å². The van der Waals surface area contributed by atoms with E-state index in [1.54, 1.807) is 11.0 Å². The second-order valence-electron chi connectivity index (χ2n) is 6.39.